The second kappa shape index (κ2) is 5.22. The Labute approximate surface area is 147 Å². The van der Waals surface area contributed by atoms with Crippen molar-refractivity contribution in [3.8, 4) is 11.3 Å². The van der Waals surface area contributed by atoms with Crippen LogP contribution in [0.25, 0.3) is 11.3 Å². The van der Waals surface area contributed by atoms with Crippen LogP contribution in [0.1, 0.15) is 40.0 Å². The van der Waals surface area contributed by atoms with Crippen LogP contribution in [0, 0.1) is 10.8 Å². The van der Waals surface area contributed by atoms with Crippen LogP contribution in [0.5, 0.6) is 0 Å². The topological polar surface area (TPSA) is 16.1 Å². The van der Waals surface area contributed by atoms with Gasteiger partial charge in [-0.25, -0.2) is 4.98 Å². The lowest BCUT2D eigenvalue weighted by atomic mass is 9.65. The van der Waals surface area contributed by atoms with Crippen LogP contribution in [0.4, 0.5) is 5.13 Å². The van der Waals surface area contributed by atoms with E-state index in [0.717, 1.165) is 22.8 Å². The molecule has 1 aromatic heterocycles. The highest BCUT2D eigenvalue weighted by atomic mass is 35.5. The van der Waals surface area contributed by atoms with E-state index in [1.54, 1.807) is 11.3 Å². The van der Waals surface area contributed by atoms with Crippen molar-refractivity contribution in [2.45, 2.75) is 46.1 Å². The molecule has 1 aliphatic heterocycles. The predicted octanol–water partition coefficient (Wildman–Crippen LogP) is 5.87. The summed E-state index contributed by atoms with van der Waals surface area (Å²) in [6.45, 7) is 8.44. The van der Waals surface area contributed by atoms with Gasteiger partial charge in [-0.05, 0) is 42.2 Å². The quantitative estimate of drug-likeness (QED) is 0.676. The maximum absolute atomic E-state index is 5.98. The summed E-state index contributed by atoms with van der Waals surface area (Å²) < 4.78 is 0. The Morgan fingerprint density at radius 3 is 2.65 bits per heavy atom. The molecule has 1 aromatic carbocycles. The third-order valence-corrected chi connectivity index (χ3v) is 6.42. The van der Waals surface area contributed by atoms with Crippen LogP contribution in [0.15, 0.2) is 29.6 Å². The molecular weight excluding hydrogens is 324 g/mol. The van der Waals surface area contributed by atoms with Crippen LogP contribution in [0.3, 0.4) is 0 Å². The number of hydrogen-bond acceptors (Lipinski definition) is 3. The van der Waals surface area contributed by atoms with Gasteiger partial charge in [0.1, 0.15) is 0 Å². The van der Waals surface area contributed by atoms with Gasteiger partial charge in [-0.15, -0.1) is 11.3 Å². The number of nitrogens with zero attached hydrogens (tertiary/aromatic N) is 2. The maximum atomic E-state index is 5.98. The number of aromatic nitrogens is 1. The third kappa shape index (κ3) is 2.89. The minimum absolute atomic E-state index is 0.443. The first-order chi connectivity index (χ1) is 10.8. The Morgan fingerprint density at radius 1 is 1.17 bits per heavy atom. The van der Waals surface area contributed by atoms with Crippen molar-refractivity contribution in [2.24, 2.45) is 10.8 Å². The molecule has 122 valence electrons. The van der Waals surface area contributed by atoms with E-state index in [-0.39, 0.29) is 0 Å². The molecule has 0 unspecified atom stereocenters. The molecule has 0 N–H and O–H groups in total. The van der Waals surface area contributed by atoms with E-state index < -0.39 is 0 Å². The Balaban J connectivity index is 1.61. The number of thiazole rings is 1. The molecule has 0 spiro atoms. The molecular formula is C19H23ClN2S. The van der Waals surface area contributed by atoms with Gasteiger partial charge in [-0.1, -0.05) is 44.5 Å². The smallest absolute Gasteiger partial charge is 0.186 e. The van der Waals surface area contributed by atoms with Crippen molar-refractivity contribution >= 4 is 28.1 Å². The Hall–Kier alpha value is -1.06. The summed E-state index contributed by atoms with van der Waals surface area (Å²) in [6.07, 6.45) is 3.91. The molecule has 4 rings (SSSR count). The Bertz CT molecular complexity index is 721. The molecule has 23 heavy (non-hydrogen) atoms. The summed E-state index contributed by atoms with van der Waals surface area (Å²) in [4.78, 5) is 7.50. The molecule has 2 aromatic rings. The van der Waals surface area contributed by atoms with Crippen molar-refractivity contribution in [2.75, 3.05) is 11.4 Å². The second-order valence-electron chi connectivity index (χ2n) is 8.36. The van der Waals surface area contributed by atoms with Gasteiger partial charge >= 0.3 is 0 Å². The standard InChI is InChI=1S/C19H23ClN2S/c1-18(2)8-15-9-19(3,11-18)12-22(15)17-21-16(10-23-17)13-4-6-14(20)7-5-13/h4-7,10,15H,8-9,11-12H2,1-3H3/t15-,19+/m0/s1. The summed E-state index contributed by atoms with van der Waals surface area (Å²) in [5, 5.41) is 4.13. The average Bonchev–Trinajstić information content (AvgIpc) is 3.01. The third-order valence-electron chi connectivity index (χ3n) is 5.29. The first-order valence-corrected chi connectivity index (χ1v) is 9.58. The molecule has 4 heteroatoms. The van der Waals surface area contributed by atoms with Gasteiger partial charge in [0, 0.05) is 28.6 Å². The Morgan fingerprint density at radius 2 is 1.91 bits per heavy atom. The summed E-state index contributed by atoms with van der Waals surface area (Å²) in [6, 6.07) is 8.61. The van der Waals surface area contributed by atoms with Gasteiger partial charge in [0.15, 0.2) is 5.13 Å². The zero-order chi connectivity index (χ0) is 16.2. The van der Waals surface area contributed by atoms with E-state index in [9.17, 15) is 0 Å². The van der Waals surface area contributed by atoms with Gasteiger partial charge in [0.25, 0.3) is 0 Å². The van der Waals surface area contributed by atoms with Crippen LogP contribution < -0.4 is 4.90 Å². The van der Waals surface area contributed by atoms with Crippen molar-refractivity contribution in [3.63, 3.8) is 0 Å². The van der Waals surface area contributed by atoms with E-state index in [2.05, 4.69) is 31.1 Å². The monoisotopic (exact) mass is 346 g/mol. The molecule has 2 aliphatic rings. The minimum Gasteiger partial charge on any atom is -0.345 e. The molecule has 2 bridgehead atoms. The number of halogens is 1. The van der Waals surface area contributed by atoms with E-state index >= 15 is 0 Å². The van der Waals surface area contributed by atoms with Crippen molar-refractivity contribution in [1.82, 2.24) is 4.98 Å². The van der Waals surface area contributed by atoms with E-state index in [1.165, 1.54) is 24.4 Å². The molecule has 1 aliphatic carbocycles. The number of anilines is 1. The molecule has 2 heterocycles. The fourth-order valence-electron chi connectivity index (χ4n) is 4.83. The van der Waals surface area contributed by atoms with Crippen molar-refractivity contribution in [3.05, 3.63) is 34.7 Å². The summed E-state index contributed by atoms with van der Waals surface area (Å²) in [7, 11) is 0. The molecule has 0 radical (unpaired) electrons. The van der Waals surface area contributed by atoms with E-state index in [0.29, 0.717) is 16.9 Å². The highest BCUT2D eigenvalue weighted by Crippen LogP contribution is 2.53. The first kappa shape index (κ1) is 15.5. The predicted molar refractivity (Wildman–Crippen MR) is 99.4 cm³/mol. The SMILES string of the molecule is CC1(C)C[C@H]2C[C@@](C)(CN2c2nc(-c3ccc(Cl)cc3)cs2)C1. The van der Waals surface area contributed by atoms with Crippen molar-refractivity contribution < 1.29 is 0 Å². The lowest BCUT2D eigenvalue weighted by Crippen LogP contribution is -2.34. The van der Waals surface area contributed by atoms with Gasteiger partial charge in [0.05, 0.1) is 5.69 Å². The number of rotatable bonds is 2. The lowest BCUT2D eigenvalue weighted by molar-refractivity contribution is 0.136. The van der Waals surface area contributed by atoms with E-state index in [4.69, 9.17) is 16.6 Å². The number of benzene rings is 1. The summed E-state index contributed by atoms with van der Waals surface area (Å²) >= 11 is 7.76. The van der Waals surface area contributed by atoms with Gasteiger partial charge in [-0.2, -0.15) is 0 Å². The number of fused-ring (bicyclic) bond motifs is 2. The molecule has 1 saturated heterocycles. The lowest BCUT2D eigenvalue weighted by Gasteiger charge is -2.39. The second-order valence-corrected chi connectivity index (χ2v) is 9.64. The average molecular weight is 347 g/mol. The highest BCUT2D eigenvalue weighted by Gasteiger charge is 2.50. The molecule has 2 fully saturated rings. The van der Waals surface area contributed by atoms with Crippen LogP contribution >= 0.6 is 22.9 Å². The number of hydrogen-bond donors (Lipinski definition) is 0. The van der Waals surface area contributed by atoms with Gasteiger partial charge in [-0.3, -0.25) is 0 Å². The highest BCUT2D eigenvalue weighted by molar-refractivity contribution is 7.14. The zero-order valence-corrected chi connectivity index (χ0v) is 15.5. The van der Waals surface area contributed by atoms with Crippen LogP contribution in [-0.4, -0.2) is 17.6 Å². The summed E-state index contributed by atoms with van der Waals surface area (Å²) in [5.74, 6) is 0. The van der Waals surface area contributed by atoms with Gasteiger partial charge in [0.2, 0.25) is 0 Å². The normalized spacial score (nSPS) is 29.0. The Kier molecular flexibility index (Phi) is 3.51. The fourth-order valence-corrected chi connectivity index (χ4v) is 5.86. The molecule has 2 atom stereocenters. The molecule has 2 nitrogen and oxygen atoms in total. The fraction of sp³-hybridized carbons (Fsp3) is 0.526. The maximum Gasteiger partial charge on any atom is 0.186 e. The molecule has 0 amide bonds. The van der Waals surface area contributed by atoms with Crippen LogP contribution in [0.2, 0.25) is 5.02 Å². The van der Waals surface area contributed by atoms with Crippen molar-refractivity contribution in [1.29, 1.82) is 0 Å². The van der Waals surface area contributed by atoms with E-state index in [1.807, 2.05) is 24.3 Å². The molecule has 1 saturated carbocycles. The van der Waals surface area contributed by atoms with Crippen LogP contribution in [-0.2, 0) is 0 Å². The zero-order valence-electron chi connectivity index (χ0n) is 14.0. The minimum atomic E-state index is 0.443. The largest absolute Gasteiger partial charge is 0.345 e. The first-order valence-electron chi connectivity index (χ1n) is 8.32. The van der Waals surface area contributed by atoms with Gasteiger partial charge < -0.3 is 4.90 Å². The summed E-state index contributed by atoms with van der Waals surface area (Å²) in [5.41, 5.74) is 3.10.